The number of aliphatic hydroxyl groups excluding tert-OH is 1. The second-order valence-electron chi connectivity index (χ2n) is 10.2. The highest BCUT2D eigenvalue weighted by Gasteiger charge is 2.29. The van der Waals surface area contributed by atoms with Crippen LogP contribution in [0.15, 0.2) is 0 Å². The van der Waals surface area contributed by atoms with Crippen LogP contribution in [0.1, 0.15) is 88.0 Å². The summed E-state index contributed by atoms with van der Waals surface area (Å²) in [6.45, 7) is 15.8. The van der Waals surface area contributed by atoms with E-state index < -0.39 is 53.5 Å². The van der Waals surface area contributed by atoms with E-state index in [2.05, 4.69) is 20.7 Å². The lowest BCUT2D eigenvalue weighted by molar-refractivity contribution is -0.144. The summed E-state index contributed by atoms with van der Waals surface area (Å²) >= 11 is 0. The second kappa shape index (κ2) is 18.4. The number of hydrogen-bond donors (Lipinski definition) is 4. The normalized spacial score (nSPS) is 13.5. The number of aliphatic hydroxyl groups is 1. The van der Waals surface area contributed by atoms with Crippen molar-refractivity contribution in [3.05, 3.63) is 0 Å². The lowest BCUT2D eigenvalue weighted by atomic mass is 10.1. The van der Waals surface area contributed by atoms with Gasteiger partial charge in [-0.1, -0.05) is 26.7 Å². The molecule has 0 heterocycles. The Morgan fingerprint density at radius 2 is 1.32 bits per heavy atom. The fourth-order valence-electron chi connectivity index (χ4n) is 2.68. The summed E-state index contributed by atoms with van der Waals surface area (Å²) in [5.74, 6) is -1.35. The molecule has 0 spiro atoms. The summed E-state index contributed by atoms with van der Waals surface area (Å²) < 4.78 is 14.8. The first-order chi connectivity index (χ1) is 17.0. The van der Waals surface area contributed by atoms with Crippen molar-refractivity contribution in [2.45, 2.75) is 117 Å². The summed E-state index contributed by atoms with van der Waals surface area (Å²) in [6, 6.07) is -1.24. The van der Waals surface area contributed by atoms with Gasteiger partial charge in [0.2, 0.25) is 0 Å². The minimum absolute atomic E-state index is 0.204. The van der Waals surface area contributed by atoms with Gasteiger partial charge in [0.25, 0.3) is 5.91 Å². The Balaban J connectivity index is 0. The van der Waals surface area contributed by atoms with E-state index in [1.807, 2.05) is 13.8 Å². The molecule has 0 aromatic heterocycles. The molecular weight excluding hydrogens is 486 g/mol. The van der Waals surface area contributed by atoms with Crippen LogP contribution in [0.25, 0.3) is 0 Å². The average Bonchev–Trinajstić information content (AvgIpc) is 2.74. The first kappa shape index (κ1) is 36.3. The number of nitrogens with one attached hydrogen (secondary N) is 3. The molecule has 12 heteroatoms. The van der Waals surface area contributed by atoms with Crippen molar-refractivity contribution in [3.63, 3.8) is 0 Å². The Hall–Kier alpha value is -2.89. The SMILES string of the molecule is CCC[C@@H](C=O)NC(=O)OC(C)(C)C.CCC[C@H](NC(=O)OC(C)(C)C)C(O)C(=O)NCC(=O)OCC. The van der Waals surface area contributed by atoms with Crippen molar-refractivity contribution >= 4 is 30.3 Å². The molecule has 0 rings (SSSR count). The largest absolute Gasteiger partial charge is 0.465 e. The third-order valence-electron chi connectivity index (χ3n) is 4.13. The van der Waals surface area contributed by atoms with Crippen LogP contribution in [0, 0.1) is 0 Å². The molecule has 0 fully saturated rings. The summed E-state index contributed by atoms with van der Waals surface area (Å²) in [7, 11) is 0. The first-order valence-electron chi connectivity index (χ1n) is 12.5. The topological polar surface area (TPSA) is 169 Å². The third-order valence-corrected chi connectivity index (χ3v) is 4.13. The maximum Gasteiger partial charge on any atom is 0.408 e. The van der Waals surface area contributed by atoms with Crippen molar-refractivity contribution in [1.82, 2.24) is 16.0 Å². The van der Waals surface area contributed by atoms with Crippen LogP contribution >= 0.6 is 0 Å². The van der Waals surface area contributed by atoms with Crippen LogP contribution in [0.3, 0.4) is 0 Å². The molecule has 3 atom stereocenters. The minimum Gasteiger partial charge on any atom is -0.465 e. The van der Waals surface area contributed by atoms with Gasteiger partial charge in [0.1, 0.15) is 24.0 Å². The van der Waals surface area contributed by atoms with Crippen LogP contribution in [0.4, 0.5) is 9.59 Å². The Morgan fingerprint density at radius 3 is 1.73 bits per heavy atom. The number of alkyl carbamates (subject to hydrolysis) is 2. The number of amides is 3. The number of carbonyl (C=O) groups is 5. The Morgan fingerprint density at radius 1 is 0.838 bits per heavy atom. The summed E-state index contributed by atoms with van der Waals surface area (Å²) in [5, 5.41) is 17.3. The molecule has 37 heavy (non-hydrogen) atoms. The lowest BCUT2D eigenvalue weighted by Gasteiger charge is -2.26. The zero-order valence-electron chi connectivity index (χ0n) is 23.8. The van der Waals surface area contributed by atoms with Crippen molar-refractivity contribution in [3.8, 4) is 0 Å². The van der Waals surface area contributed by atoms with E-state index in [0.29, 0.717) is 19.3 Å². The van der Waals surface area contributed by atoms with Gasteiger partial charge in [0.05, 0.1) is 18.7 Å². The molecule has 0 bridgehead atoms. The first-order valence-corrected chi connectivity index (χ1v) is 12.5. The van der Waals surface area contributed by atoms with E-state index >= 15 is 0 Å². The Bertz CT molecular complexity index is 715. The zero-order valence-corrected chi connectivity index (χ0v) is 23.8. The smallest absolute Gasteiger partial charge is 0.408 e. The number of rotatable bonds is 12. The van der Waals surface area contributed by atoms with Crippen LogP contribution in [-0.4, -0.2) is 78.0 Å². The highest BCUT2D eigenvalue weighted by Crippen LogP contribution is 2.09. The Labute approximate surface area is 220 Å². The van der Waals surface area contributed by atoms with E-state index in [0.717, 1.165) is 12.7 Å². The molecule has 0 saturated carbocycles. The molecule has 0 aliphatic carbocycles. The molecule has 0 saturated heterocycles. The maximum absolute atomic E-state index is 11.9. The standard InChI is InChI=1S/C15H28N2O6.C10H19NO3/c1-6-8-10(17-14(21)23-15(3,4)5)12(19)13(20)16-9-11(18)22-7-2;1-5-6-8(7-12)11-9(13)14-10(2,3)4/h10,12,19H,6-9H2,1-5H3,(H,16,20)(H,17,21);7-8H,5-6H2,1-4H3,(H,11,13)/t10-,12?;8-/m00/s1. The van der Waals surface area contributed by atoms with Gasteiger partial charge in [0, 0.05) is 0 Å². The van der Waals surface area contributed by atoms with Gasteiger partial charge in [-0.2, -0.15) is 0 Å². The molecule has 216 valence electrons. The van der Waals surface area contributed by atoms with Gasteiger partial charge in [-0.05, 0) is 61.3 Å². The summed E-state index contributed by atoms with van der Waals surface area (Å²) in [4.78, 5) is 56.6. The summed E-state index contributed by atoms with van der Waals surface area (Å²) in [5.41, 5.74) is -1.21. The molecule has 0 aromatic rings. The van der Waals surface area contributed by atoms with Crippen LogP contribution in [0.5, 0.6) is 0 Å². The van der Waals surface area contributed by atoms with E-state index in [4.69, 9.17) is 9.47 Å². The van der Waals surface area contributed by atoms with E-state index in [-0.39, 0.29) is 13.2 Å². The van der Waals surface area contributed by atoms with E-state index in [1.54, 1.807) is 48.5 Å². The number of hydrogen-bond acceptors (Lipinski definition) is 9. The number of aldehydes is 1. The second-order valence-corrected chi connectivity index (χ2v) is 10.2. The molecule has 12 nitrogen and oxygen atoms in total. The number of ether oxygens (including phenoxy) is 3. The predicted molar refractivity (Wildman–Crippen MR) is 138 cm³/mol. The molecule has 0 radical (unpaired) electrons. The zero-order chi connectivity index (χ0) is 29.2. The van der Waals surface area contributed by atoms with Gasteiger partial charge in [-0.15, -0.1) is 0 Å². The van der Waals surface area contributed by atoms with Crippen LogP contribution < -0.4 is 16.0 Å². The van der Waals surface area contributed by atoms with Gasteiger partial charge < -0.3 is 40.1 Å². The molecule has 0 aliphatic heterocycles. The van der Waals surface area contributed by atoms with Gasteiger partial charge in [0.15, 0.2) is 6.10 Å². The van der Waals surface area contributed by atoms with Crippen molar-refractivity contribution in [2.75, 3.05) is 13.2 Å². The molecule has 0 aliphatic rings. The molecule has 4 N–H and O–H groups in total. The monoisotopic (exact) mass is 533 g/mol. The molecule has 1 unspecified atom stereocenters. The third kappa shape index (κ3) is 20.9. The number of esters is 1. The lowest BCUT2D eigenvalue weighted by Crippen LogP contribution is -2.52. The summed E-state index contributed by atoms with van der Waals surface area (Å²) in [6.07, 6.45) is 0.499. The van der Waals surface area contributed by atoms with E-state index in [1.165, 1.54) is 0 Å². The van der Waals surface area contributed by atoms with Gasteiger partial charge >= 0.3 is 18.2 Å². The van der Waals surface area contributed by atoms with Gasteiger partial charge in [-0.25, -0.2) is 9.59 Å². The number of carbonyl (C=O) groups excluding carboxylic acids is 5. The van der Waals surface area contributed by atoms with Crippen LogP contribution in [-0.2, 0) is 28.6 Å². The Kier molecular flexibility index (Phi) is 18.0. The predicted octanol–water partition coefficient (Wildman–Crippen LogP) is 2.60. The minimum atomic E-state index is -1.49. The van der Waals surface area contributed by atoms with Crippen molar-refractivity contribution in [2.24, 2.45) is 0 Å². The van der Waals surface area contributed by atoms with Crippen molar-refractivity contribution in [1.29, 1.82) is 0 Å². The maximum atomic E-state index is 11.9. The highest BCUT2D eigenvalue weighted by atomic mass is 16.6. The van der Waals surface area contributed by atoms with Crippen molar-refractivity contribution < 1.29 is 43.3 Å². The fourth-order valence-corrected chi connectivity index (χ4v) is 2.68. The fraction of sp³-hybridized carbons (Fsp3) is 0.800. The molecule has 3 amide bonds. The molecule has 0 aromatic carbocycles. The quantitative estimate of drug-likeness (QED) is 0.167. The average molecular weight is 534 g/mol. The molecular formula is C25H47N3O9. The van der Waals surface area contributed by atoms with Crippen LogP contribution in [0.2, 0.25) is 0 Å². The van der Waals surface area contributed by atoms with E-state index in [9.17, 15) is 29.1 Å². The van der Waals surface area contributed by atoms with Gasteiger partial charge in [-0.3, -0.25) is 9.59 Å². The highest BCUT2D eigenvalue weighted by molar-refractivity contribution is 5.85.